The summed E-state index contributed by atoms with van der Waals surface area (Å²) >= 11 is 0. The molecule has 1 rings (SSSR count). The zero-order valence-corrected chi connectivity index (χ0v) is 13.6. The fourth-order valence-electron chi connectivity index (χ4n) is 2.01. The van der Waals surface area contributed by atoms with Gasteiger partial charge in [0.25, 0.3) is 0 Å². The van der Waals surface area contributed by atoms with Crippen molar-refractivity contribution in [2.75, 3.05) is 26.3 Å². The molecule has 3 nitrogen and oxygen atoms in total. The Labute approximate surface area is 123 Å². The van der Waals surface area contributed by atoms with Crippen molar-refractivity contribution in [3.05, 3.63) is 28.8 Å². The first-order chi connectivity index (χ1) is 9.52. The summed E-state index contributed by atoms with van der Waals surface area (Å²) in [6.07, 6.45) is 1.37. The molecule has 0 saturated carbocycles. The molecule has 0 unspecified atom stereocenters. The fraction of sp³-hybridized carbons (Fsp3) is 0.647. The monoisotopic (exact) mass is 279 g/mol. The molecule has 20 heavy (non-hydrogen) atoms. The minimum Gasteiger partial charge on any atom is -0.492 e. The smallest absolute Gasteiger partial charge is 0.125 e. The lowest BCUT2D eigenvalue weighted by Gasteiger charge is -2.14. The molecule has 1 N–H and O–H groups in total. The molecule has 0 saturated heterocycles. The van der Waals surface area contributed by atoms with Gasteiger partial charge in [0.2, 0.25) is 0 Å². The normalized spacial score (nSPS) is 11.1. The van der Waals surface area contributed by atoms with Gasteiger partial charge in [0.1, 0.15) is 12.4 Å². The highest BCUT2D eigenvalue weighted by Gasteiger charge is 2.05. The standard InChI is InChI=1S/C17H29NO2/c1-13(2)19-11-6-9-18-10-12-20-17-15(4)8-7-14(3)16(17)5/h7-8,13,18H,6,9-12H2,1-5H3. The molecule has 0 aromatic heterocycles. The Morgan fingerprint density at radius 2 is 1.70 bits per heavy atom. The van der Waals surface area contributed by atoms with Gasteiger partial charge in [-0.1, -0.05) is 12.1 Å². The van der Waals surface area contributed by atoms with Gasteiger partial charge in [-0.15, -0.1) is 0 Å². The number of aryl methyl sites for hydroxylation is 2. The molecule has 0 fully saturated rings. The quantitative estimate of drug-likeness (QED) is 0.703. The second-order valence-corrected chi connectivity index (χ2v) is 5.53. The Hall–Kier alpha value is -1.06. The number of benzene rings is 1. The Balaban J connectivity index is 2.17. The molecule has 1 aromatic rings. The predicted molar refractivity (Wildman–Crippen MR) is 84.7 cm³/mol. The van der Waals surface area contributed by atoms with Crippen LogP contribution in [0.4, 0.5) is 0 Å². The van der Waals surface area contributed by atoms with Crippen molar-refractivity contribution in [3.63, 3.8) is 0 Å². The van der Waals surface area contributed by atoms with E-state index in [1.807, 2.05) is 0 Å². The summed E-state index contributed by atoms with van der Waals surface area (Å²) in [5.74, 6) is 1.04. The van der Waals surface area contributed by atoms with Crippen molar-refractivity contribution >= 4 is 0 Å². The van der Waals surface area contributed by atoms with Gasteiger partial charge in [0.05, 0.1) is 6.10 Å². The summed E-state index contributed by atoms with van der Waals surface area (Å²) in [5.41, 5.74) is 3.73. The predicted octanol–water partition coefficient (Wildman–Crippen LogP) is 3.40. The largest absolute Gasteiger partial charge is 0.492 e. The lowest BCUT2D eigenvalue weighted by Crippen LogP contribution is -2.23. The van der Waals surface area contributed by atoms with Crippen LogP contribution in [-0.4, -0.2) is 32.4 Å². The molecule has 0 heterocycles. The summed E-state index contributed by atoms with van der Waals surface area (Å²) in [6, 6.07) is 4.26. The summed E-state index contributed by atoms with van der Waals surface area (Å²) < 4.78 is 11.4. The van der Waals surface area contributed by atoms with Gasteiger partial charge in [0, 0.05) is 13.2 Å². The third-order valence-corrected chi connectivity index (χ3v) is 3.35. The van der Waals surface area contributed by atoms with E-state index in [4.69, 9.17) is 9.47 Å². The molecule has 0 bridgehead atoms. The van der Waals surface area contributed by atoms with Crippen molar-refractivity contribution in [3.8, 4) is 5.75 Å². The number of rotatable bonds is 9. The maximum absolute atomic E-state index is 5.90. The van der Waals surface area contributed by atoms with Crippen LogP contribution in [-0.2, 0) is 4.74 Å². The first-order valence-corrected chi connectivity index (χ1v) is 7.54. The van der Waals surface area contributed by atoms with Crippen LogP contribution in [0.2, 0.25) is 0 Å². The lowest BCUT2D eigenvalue weighted by molar-refractivity contribution is 0.0770. The van der Waals surface area contributed by atoms with E-state index < -0.39 is 0 Å². The van der Waals surface area contributed by atoms with Crippen LogP contribution in [0, 0.1) is 20.8 Å². The van der Waals surface area contributed by atoms with Gasteiger partial charge >= 0.3 is 0 Å². The second kappa shape index (κ2) is 8.98. The maximum atomic E-state index is 5.90. The average Bonchev–Trinajstić information content (AvgIpc) is 2.40. The Kier molecular flexibility index (Phi) is 7.63. The van der Waals surface area contributed by atoms with Crippen molar-refractivity contribution in [2.45, 2.75) is 47.1 Å². The molecule has 0 aliphatic rings. The molecule has 0 atom stereocenters. The van der Waals surface area contributed by atoms with Crippen LogP contribution >= 0.6 is 0 Å². The minimum absolute atomic E-state index is 0.325. The van der Waals surface area contributed by atoms with Gasteiger partial charge in [-0.2, -0.15) is 0 Å². The minimum atomic E-state index is 0.325. The average molecular weight is 279 g/mol. The zero-order chi connectivity index (χ0) is 15.0. The van der Waals surface area contributed by atoms with Gasteiger partial charge in [0.15, 0.2) is 0 Å². The number of hydrogen-bond acceptors (Lipinski definition) is 3. The third-order valence-electron chi connectivity index (χ3n) is 3.35. The lowest BCUT2D eigenvalue weighted by atomic mass is 10.1. The van der Waals surface area contributed by atoms with Crippen LogP contribution in [0.25, 0.3) is 0 Å². The van der Waals surface area contributed by atoms with E-state index in [0.29, 0.717) is 12.7 Å². The SMILES string of the molecule is Cc1ccc(C)c(OCCNCCCOC(C)C)c1C. The van der Waals surface area contributed by atoms with E-state index in [1.165, 1.54) is 16.7 Å². The first-order valence-electron chi connectivity index (χ1n) is 7.54. The molecule has 0 amide bonds. The second-order valence-electron chi connectivity index (χ2n) is 5.53. The molecule has 3 heteroatoms. The summed E-state index contributed by atoms with van der Waals surface area (Å²) in [7, 11) is 0. The molecule has 1 aromatic carbocycles. The topological polar surface area (TPSA) is 30.5 Å². The zero-order valence-electron chi connectivity index (χ0n) is 13.6. The van der Waals surface area contributed by atoms with Crippen molar-refractivity contribution in [1.82, 2.24) is 5.32 Å². The van der Waals surface area contributed by atoms with Crippen molar-refractivity contribution in [1.29, 1.82) is 0 Å². The summed E-state index contributed by atoms with van der Waals surface area (Å²) in [6.45, 7) is 13.8. The molecular formula is C17H29NO2. The Morgan fingerprint density at radius 3 is 2.40 bits per heavy atom. The van der Waals surface area contributed by atoms with E-state index in [1.54, 1.807) is 0 Å². The van der Waals surface area contributed by atoms with Crippen LogP contribution in [0.1, 0.15) is 37.0 Å². The number of ether oxygens (including phenoxy) is 2. The number of hydrogen-bond donors (Lipinski definition) is 1. The van der Waals surface area contributed by atoms with Crippen LogP contribution < -0.4 is 10.1 Å². The van der Waals surface area contributed by atoms with E-state index in [2.05, 4.69) is 52.1 Å². The number of nitrogens with one attached hydrogen (secondary N) is 1. The Morgan fingerprint density at radius 1 is 1.00 bits per heavy atom. The molecule has 0 aliphatic heterocycles. The molecular weight excluding hydrogens is 250 g/mol. The summed E-state index contributed by atoms with van der Waals surface area (Å²) in [4.78, 5) is 0. The van der Waals surface area contributed by atoms with Crippen LogP contribution in [0.15, 0.2) is 12.1 Å². The molecule has 0 spiro atoms. The maximum Gasteiger partial charge on any atom is 0.125 e. The van der Waals surface area contributed by atoms with Crippen LogP contribution in [0.3, 0.4) is 0 Å². The van der Waals surface area contributed by atoms with E-state index in [-0.39, 0.29) is 0 Å². The van der Waals surface area contributed by atoms with Gasteiger partial charge < -0.3 is 14.8 Å². The van der Waals surface area contributed by atoms with E-state index >= 15 is 0 Å². The van der Waals surface area contributed by atoms with Gasteiger partial charge in [-0.25, -0.2) is 0 Å². The van der Waals surface area contributed by atoms with E-state index in [9.17, 15) is 0 Å². The molecule has 0 aliphatic carbocycles. The molecule has 0 radical (unpaired) electrons. The van der Waals surface area contributed by atoms with Gasteiger partial charge in [-0.3, -0.25) is 0 Å². The van der Waals surface area contributed by atoms with Crippen molar-refractivity contribution < 1.29 is 9.47 Å². The third kappa shape index (κ3) is 5.93. The highest BCUT2D eigenvalue weighted by Crippen LogP contribution is 2.25. The highest BCUT2D eigenvalue weighted by atomic mass is 16.5. The molecule has 114 valence electrons. The van der Waals surface area contributed by atoms with Gasteiger partial charge in [-0.05, 0) is 64.3 Å². The Bertz CT molecular complexity index is 402. The fourth-order valence-corrected chi connectivity index (χ4v) is 2.01. The first kappa shape index (κ1) is 17.0. The van der Waals surface area contributed by atoms with E-state index in [0.717, 1.165) is 31.9 Å². The highest BCUT2D eigenvalue weighted by molar-refractivity contribution is 5.44. The van der Waals surface area contributed by atoms with Crippen molar-refractivity contribution in [2.24, 2.45) is 0 Å². The summed E-state index contributed by atoms with van der Waals surface area (Å²) in [5, 5.41) is 3.38. The van der Waals surface area contributed by atoms with Crippen LogP contribution in [0.5, 0.6) is 5.75 Å².